The highest BCUT2D eigenvalue weighted by atomic mass is 32.1. The zero-order chi connectivity index (χ0) is 14.7. The van der Waals surface area contributed by atoms with Gasteiger partial charge in [-0.2, -0.15) is 0 Å². The number of nitrogens with zero attached hydrogens (tertiary/aromatic N) is 1. The number of rotatable bonds is 4. The summed E-state index contributed by atoms with van der Waals surface area (Å²) < 4.78 is 5.25. The summed E-state index contributed by atoms with van der Waals surface area (Å²) in [5, 5.41) is 0. The Morgan fingerprint density at radius 1 is 1.40 bits per heavy atom. The first-order valence-corrected chi connectivity index (χ1v) is 6.99. The van der Waals surface area contributed by atoms with Gasteiger partial charge in [-0.3, -0.25) is 4.79 Å². The van der Waals surface area contributed by atoms with Crippen LogP contribution in [0.15, 0.2) is 18.2 Å². The van der Waals surface area contributed by atoms with Gasteiger partial charge in [0.25, 0.3) is 0 Å². The molecule has 0 spiro atoms. The van der Waals surface area contributed by atoms with Crippen LogP contribution in [0.1, 0.15) is 24.8 Å². The minimum absolute atomic E-state index is 0.302. The number of methoxy groups -OCH3 is 1. The van der Waals surface area contributed by atoms with Crippen LogP contribution in [0, 0.1) is 0 Å². The Bertz CT molecular complexity index is 533. The van der Waals surface area contributed by atoms with E-state index in [9.17, 15) is 4.79 Å². The van der Waals surface area contributed by atoms with Crippen LogP contribution in [0.3, 0.4) is 0 Å². The second kappa shape index (κ2) is 6.09. The molecular formula is C14H19N3O2S. The maximum Gasteiger partial charge on any atom is 0.240 e. The fraction of sp³-hybridized carbons (Fsp3) is 0.429. The number of nitrogens with two attached hydrogens (primary N) is 2. The lowest BCUT2D eigenvalue weighted by molar-refractivity contribution is -0.119. The number of amides is 1. The molecule has 1 atom stereocenters. The Balaban J connectivity index is 2.47. The molecule has 1 heterocycles. The summed E-state index contributed by atoms with van der Waals surface area (Å²) in [4.78, 5) is 14.0. The molecule has 1 fully saturated rings. The van der Waals surface area contributed by atoms with Gasteiger partial charge >= 0.3 is 0 Å². The summed E-state index contributed by atoms with van der Waals surface area (Å²) in [5.74, 6) is 0.384. The van der Waals surface area contributed by atoms with Gasteiger partial charge in [-0.05, 0) is 31.4 Å². The van der Waals surface area contributed by atoms with Gasteiger partial charge < -0.3 is 21.1 Å². The van der Waals surface area contributed by atoms with Crippen molar-refractivity contribution in [2.75, 3.05) is 18.6 Å². The van der Waals surface area contributed by atoms with Gasteiger partial charge in [-0.25, -0.2) is 0 Å². The van der Waals surface area contributed by atoms with Crippen molar-refractivity contribution < 1.29 is 9.53 Å². The highest BCUT2D eigenvalue weighted by Crippen LogP contribution is 2.31. The molecule has 1 saturated heterocycles. The summed E-state index contributed by atoms with van der Waals surface area (Å²) in [5.41, 5.74) is 12.9. The monoisotopic (exact) mass is 293 g/mol. The predicted molar refractivity (Wildman–Crippen MR) is 83.1 cm³/mol. The molecule has 1 amide bonds. The number of benzene rings is 1. The van der Waals surface area contributed by atoms with E-state index in [2.05, 4.69) is 0 Å². The van der Waals surface area contributed by atoms with Crippen LogP contribution >= 0.6 is 12.2 Å². The van der Waals surface area contributed by atoms with Gasteiger partial charge in [0.2, 0.25) is 5.91 Å². The minimum atomic E-state index is -0.318. The van der Waals surface area contributed by atoms with Crippen molar-refractivity contribution in [3.05, 3.63) is 23.8 Å². The van der Waals surface area contributed by atoms with Crippen LogP contribution in [0.2, 0.25) is 0 Å². The molecule has 2 rings (SSSR count). The smallest absolute Gasteiger partial charge is 0.240 e. The van der Waals surface area contributed by atoms with Crippen molar-refractivity contribution in [2.24, 2.45) is 11.5 Å². The number of hydrogen-bond acceptors (Lipinski definition) is 4. The second-order valence-corrected chi connectivity index (χ2v) is 5.29. The molecule has 1 unspecified atom stereocenters. The van der Waals surface area contributed by atoms with E-state index in [4.69, 9.17) is 28.4 Å². The van der Waals surface area contributed by atoms with Crippen LogP contribution in [-0.4, -0.2) is 30.6 Å². The maximum atomic E-state index is 11.7. The van der Waals surface area contributed by atoms with Gasteiger partial charge in [0.1, 0.15) is 16.8 Å². The van der Waals surface area contributed by atoms with Crippen molar-refractivity contribution in [3.63, 3.8) is 0 Å². The maximum absolute atomic E-state index is 11.7. The van der Waals surface area contributed by atoms with E-state index in [0.717, 1.165) is 37.1 Å². The second-order valence-electron chi connectivity index (χ2n) is 4.85. The van der Waals surface area contributed by atoms with Gasteiger partial charge in [-0.1, -0.05) is 12.2 Å². The Morgan fingerprint density at radius 3 is 2.75 bits per heavy atom. The Hall–Kier alpha value is -1.82. The summed E-state index contributed by atoms with van der Waals surface area (Å²) in [6.45, 7) is 0.760. The molecule has 0 aliphatic carbocycles. The highest BCUT2D eigenvalue weighted by molar-refractivity contribution is 7.80. The van der Waals surface area contributed by atoms with Crippen LogP contribution in [0.5, 0.6) is 5.75 Å². The average molecular weight is 293 g/mol. The van der Waals surface area contributed by atoms with E-state index in [0.29, 0.717) is 10.7 Å². The summed E-state index contributed by atoms with van der Waals surface area (Å²) in [6.07, 6.45) is 2.76. The van der Waals surface area contributed by atoms with Crippen LogP contribution in [0.25, 0.3) is 0 Å². The number of anilines is 1. The summed E-state index contributed by atoms with van der Waals surface area (Å²) >= 11 is 5.10. The lowest BCUT2D eigenvalue weighted by atomic mass is 9.99. The van der Waals surface area contributed by atoms with Gasteiger partial charge in [-0.15, -0.1) is 0 Å². The molecule has 6 heteroatoms. The number of piperidine rings is 1. The molecule has 20 heavy (non-hydrogen) atoms. The Labute approximate surface area is 123 Å². The molecule has 1 aliphatic heterocycles. The van der Waals surface area contributed by atoms with Crippen LogP contribution in [0.4, 0.5) is 5.69 Å². The van der Waals surface area contributed by atoms with E-state index in [1.165, 1.54) is 0 Å². The molecule has 1 aromatic carbocycles. The van der Waals surface area contributed by atoms with E-state index in [1.54, 1.807) is 13.2 Å². The third-order valence-electron chi connectivity index (χ3n) is 3.61. The fourth-order valence-corrected chi connectivity index (χ4v) is 2.77. The lowest BCUT2D eigenvalue weighted by Gasteiger charge is -2.36. The first kappa shape index (κ1) is 14.6. The number of carbonyl (C=O) groups excluding carboxylic acids is 1. The molecule has 1 aromatic rings. The fourth-order valence-electron chi connectivity index (χ4n) is 2.60. The molecule has 1 aliphatic rings. The Kier molecular flexibility index (Phi) is 4.44. The average Bonchev–Trinajstić information content (AvgIpc) is 2.46. The number of hydrogen-bond donors (Lipinski definition) is 2. The van der Waals surface area contributed by atoms with Gasteiger partial charge in [0.15, 0.2) is 0 Å². The molecule has 0 bridgehead atoms. The van der Waals surface area contributed by atoms with Crippen LogP contribution in [-0.2, 0) is 4.79 Å². The molecule has 5 nitrogen and oxygen atoms in total. The van der Waals surface area contributed by atoms with E-state index >= 15 is 0 Å². The Morgan fingerprint density at radius 2 is 2.15 bits per heavy atom. The first-order chi connectivity index (χ1) is 9.54. The van der Waals surface area contributed by atoms with Gasteiger partial charge in [0, 0.05) is 18.2 Å². The number of thiocarbonyl (C=S) groups is 1. The number of carbonyl (C=O) groups is 1. The molecular weight excluding hydrogens is 274 g/mol. The summed E-state index contributed by atoms with van der Waals surface area (Å²) in [7, 11) is 1.60. The van der Waals surface area contributed by atoms with Crippen molar-refractivity contribution in [1.82, 2.24) is 0 Å². The summed E-state index contributed by atoms with van der Waals surface area (Å²) in [6, 6.07) is 5.17. The first-order valence-electron chi connectivity index (χ1n) is 6.58. The highest BCUT2D eigenvalue weighted by Gasteiger charge is 2.29. The van der Waals surface area contributed by atoms with Crippen molar-refractivity contribution >= 4 is 28.8 Å². The van der Waals surface area contributed by atoms with Crippen molar-refractivity contribution in [2.45, 2.75) is 25.3 Å². The largest absolute Gasteiger partial charge is 0.497 e. The number of primary amides is 1. The third kappa shape index (κ3) is 2.85. The number of ether oxygens (including phenoxy) is 1. The standard InChI is InChI=1S/C14H19N3O2S/c1-19-9-5-6-10(14(16)20)12(8-9)17-7-3-2-4-11(17)13(15)18/h5-6,8,11H,2-4,7H2,1H3,(H2,15,18)(H2,16,20). The quantitative estimate of drug-likeness (QED) is 0.815. The molecule has 4 N–H and O–H groups in total. The van der Waals surface area contributed by atoms with Crippen LogP contribution < -0.4 is 21.1 Å². The van der Waals surface area contributed by atoms with Gasteiger partial charge in [0.05, 0.1) is 12.8 Å². The van der Waals surface area contributed by atoms with Crippen molar-refractivity contribution in [1.29, 1.82) is 0 Å². The lowest BCUT2D eigenvalue weighted by Crippen LogP contribution is -2.48. The predicted octanol–water partition coefficient (Wildman–Crippen LogP) is 1.17. The van der Waals surface area contributed by atoms with E-state index in [-0.39, 0.29) is 11.9 Å². The third-order valence-corrected chi connectivity index (χ3v) is 3.83. The molecule has 0 aromatic heterocycles. The molecule has 0 radical (unpaired) electrons. The molecule has 108 valence electrons. The molecule has 0 saturated carbocycles. The zero-order valence-corrected chi connectivity index (χ0v) is 12.3. The zero-order valence-electron chi connectivity index (χ0n) is 11.5. The topological polar surface area (TPSA) is 81.6 Å². The van der Waals surface area contributed by atoms with E-state index in [1.807, 2.05) is 17.0 Å². The minimum Gasteiger partial charge on any atom is -0.497 e. The normalized spacial score (nSPS) is 18.6. The van der Waals surface area contributed by atoms with Crippen molar-refractivity contribution in [3.8, 4) is 5.75 Å². The SMILES string of the molecule is COc1ccc(C(N)=S)c(N2CCCCC2C(N)=O)c1. The van der Waals surface area contributed by atoms with E-state index < -0.39 is 0 Å².